The number of amides is 1. The maximum atomic E-state index is 12.7. The Balaban J connectivity index is 1.41. The maximum absolute atomic E-state index is 12.7. The topological polar surface area (TPSA) is 32.3 Å². The van der Waals surface area contributed by atoms with Crippen LogP contribution in [0.3, 0.4) is 0 Å². The van der Waals surface area contributed by atoms with E-state index < -0.39 is 0 Å². The van der Waals surface area contributed by atoms with Crippen molar-refractivity contribution in [3.63, 3.8) is 0 Å². The van der Waals surface area contributed by atoms with Gasteiger partial charge in [0, 0.05) is 6.04 Å². The second kappa shape index (κ2) is 7.40. The average Bonchev–Trinajstić information content (AvgIpc) is 3.11. The third kappa shape index (κ3) is 3.62. The summed E-state index contributed by atoms with van der Waals surface area (Å²) in [5.74, 6) is 0.157. The molecule has 0 spiro atoms. The van der Waals surface area contributed by atoms with Crippen LogP contribution < -0.4 is 5.32 Å². The van der Waals surface area contributed by atoms with Gasteiger partial charge in [-0.3, -0.25) is 9.69 Å². The molecule has 1 heterocycles. The molecule has 1 fully saturated rings. The zero-order valence-electron chi connectivity index (χ0n) is 14.7. The van der Waals surface area contributed by atoms with Crippen molar-refractivity contribution in [3.8, 4) is 0 Å². The molecule has 1 N–H and O–H groups in total. The van der Waals surface area contributed by atoms with Crippen LogP contribution in [0.5, 0.6) is 0 Å². The van der Waals surface area contributed by atoms with Gasteiger partial charge in [0.2, 0.25) is 5.91 Å². The Morgan fingerprint density at radius 1 is 1.00 bits per heavy atom. The van der Waals surface area contributed by atoms with Crippen LogP contribution in [-0.4, -0.2) is 23.9 Å². The van der Waals surface area contributed by atoms with Crippen molar-refractivity contribution in [3.05, 3.63) is 71.3 Å². The van der Waals surface area contributed by atoms with Gasteiger partial charge in [0.1, 0.15) is 0 Å². The normalized spacial score (nSPS) is 23.2. The number of carbonyl (C=O) groups excluding carboxylic acids is 1. The SMILES string of the molecule is O=C(CN1CCC[C@@H]1c1ccccc1)N[C@H]1CCCc2ccccc21. The Hall–Kier alpha value is -2.13. The van der Waals surface area contributed by atoms with E-state index in [1.807, 2.05) is 0 Å². The standard InChI is InChI=1S/C22H26N2O/c25-22(23-20-13-6-11-17-8-4-5-12-19(17)20)16-24-15-7-14-21(24)18-9-2-1-3-10-18/h1-5,8-10,12,20-21H,6-7,11,13-16H2,(H,23,25)/t20-,21+/m0/s1. The first-order chi connectivity index (χ1) is 12.3. The fraction of sp³-hybridized carbons (Fsp3) is 0.409. The molecule has 0 saturated carbocycles. The zero-order valence-corrected chi connectivity index (χ0v) is 14.7. The second-order valence-electron chi connectivity index (χ2n) is 7.25. The number of rotatable bonds is 4. The first-order valence-corrected chi connectivity index (χ1v) is 9.47. The van der Waals surface area contributed by atoms with Gasteiger partial charge in [-0.2, -0.15) is 0 Å². The number of hydrogen-bond donors (Lipinski definition) is 1. The molecular formula is C22H26N2O. The number of likely N-dealkylation sites (tertiary alicyclic amines) is 1. The Morgan fingerprint density at radius 2 is 1.80 bits per heavy atom. The molecule has 2 aliphatic rings. The monoisotopic (exact) mass is 334 g/mol. The molecule has 1 aliphatic carbocycles. The Bertz CT molecular complexity index is 728. The number of hydrogen-bond acceptors (Lipinski definition) is 2. The highest BCUT2D eigenvalue weighted by Gasteiger charge is 2.28. The lowest BCUT2D eigenvalue weighted by Crippen LogP contribution is -2.39. The van der Waals surface area contributed by atoms with Crippen molar-refractivity contribution in [2.45, 2.75) is 44.2 Å². The number of carbonyl (C=O) groups is 1. The molecule has 0 bridgehead atoms. The first kappa shape index (κ1) is 16.3. The highest BCUT2D eigenvalue weighted by atomic mass is 16.2. The van der Waals surface area contributed by atoms with Crippen LogP contribution in [-0.2, 0) is 11.2 Å². The van der Waals surface area contributed by atoms with Gasteiger partial charge in [-0.1, -0.05) is 54.6 Å². The summed E-state index contributed by atoms with van der Waals surface area (Å²) in [7, 11) is 0. The van der Waals surface area contributed by atoms with E-state index in [2.05, 4.69) is 64.8 Å². The summed E-state index contributed by atoms with van der Waals surface area (Å²) in [5, 5.41) is 3.29. The molecule has 4 rings (SSSR count). The summed E-state index contributed by atoms with van der Waals surface area (Å²) in [4.78, 5) is 15.0. The van der Waals surface area contributed by atoms with E-state index in [4.69, 9.17) is 0 Å². The summed E-state index contributed by atoms with van der Waals surface area (Å²) in [6, 6.07) is 19.7. The van der Waals surface area contributed by atoms with E-state index in [1.54, 1.807) is 0 Å². The van der Waals surface area contributed by atoms with Crippen molar-refractivity contribution >= 4 is 5.91 Å². The summed E-state index contributed by atoms with van der Waals surface area (Å²) in [6.07, 6.45) is 5.64. The molecule has 1 aliphatic heterocycles. The minimum atomic E-state index is 0.157. The van der Waals surface area contributed by atoms with Gasteiger partial charge in [-0.15, -0.1) is 0 Å². The molecule has 130 valence electrons. The molecule has 0 aromatic heterocycles. The zero-order chi connectivity index (χ0) is 17.1. The number of nitrogens with zero attached hydrogens (tertiary/aromatic N) is 1. The summed E-state index contributed by atoms with van der Waals surface area (Å²) in [6.45, 7) is 1.51. The van der Waals surface area contributed by atoms with Crippen molar-refractivity contribution in [1.82, 2.24) is 10.2 Å². The van der Waals surface area contributed by atoms with Crippen LogP contribution in [0.25, 0.3) is 0 Å². The molecular weight excluding hydrogens is 308 g/mol. The molecule has 25 heavy (non-hydrogen) atoms. The molecule has 0 radical (unpaired) electrons. The van der Waals surface area contributed by atoms with E-state index in [-0.39, 0.29) is 11.9 Å². The van der Waals surface area contributed by atoms with Crippen LogP contribution >= 0.6 is 0 Å². The smallest absolute Gasteiger partial charge is 0.234 e. The number of fused-ring (bicyclic) bond motifs is 1. The lowest BCUT2D eigenvalue weighted by molar-refractivity contribution is -0.123. The first-order valence-electron chi connectivity index (χ1n) is 9.47. The Kier molecular flexibility index (Phi) is 4.84. The lowest BCUT2D eigenvalue weighted by atomic mass is 9.88. The van der Waals surface area contributed by atoms with Gasteiger partial charge in [-0.25, -0.2) is 0 Å². The molecule has 2 aromatic rings. The molecule has 2 atom stereocenters. The maximum Gasteiger partial charge on any atom is 0.234 e. The minimum absolute atomic E-state index is 0.157. The van der Waals surface area contributed by atoms with E-state index in [9.17, 15) is 4.79 Å². The molecule has 1 amide bonds. The summed E-state index contributed by atoms with van der Waals surface area (Å²) >= 11 is 0. The molecule has 3 heteroatoms. The fourth-order valence-electron chi connectivity index (χ4n) is 4.40. The fourth-order valence-corrected chi connectivity index (χ4v) is 4.40. The molecule has 0 unspecified atom stereocenters. The second-order valence-corrected chi connectivity index (χ2v) is 7.25. The van der Waals surface area contributed by atoms with E-state index in [1.165, 1.54) is 23.1 Å². The van der Waals surface area contributed by atoms with Crippen molar-refractivity contribution < 1.29 is 4.79 Å². The van der Waals surface area contributed by atoms with Crippen molar-refractivity contribution in [2.75, 3.05) is 13.1 Å². The third-order valence-electron chi connectivity index (χ3n) is 5.60. The lowest BCUT2D eigenvalue weighted by Gasteiger charge is -2.29. The third-order valence-corrected chi connectivity index (χ3v) is 5.60. The largest absolute Gasteiger partial charge is 0.348 e. The number of benzene rings is 2. The van der Waals surface area contributed by atoms with E-state index >= 15 is 0 Å². The Labute approximate surface area is 150 Å². The Morgan fingerprint density at radius 3 is 2.68 bits per heavy atom. The molecule has 3 nitrogen and oxygen atoms in total. The van der Waals surface area contributed by atoms with Crippen LogP contribution in [0.15, 0.2) is 54.6 Å². The van der Waals surface area contributed by atoms with Crippen LogP contribution in [0.4, 0.5) is 0 Å². The van der Waals surface area contributed by atoms with Gasteiger partial charge in [0.25, 0.3) is 0 Å². The summed E-state index contributed by atoms with van der Waals surface area (Å²) < 4.78 is 0. The van der Waals surface area contributed by atoms with Crippen LogP contribution in [0.2, 0.25) is 0 Å². The van der Waals surface area contributed by atoms with Gasteiger partial charge in [0.15, 0.2) is 0 Å². The highest BCUT2D eigenvalue weighted by Crippen LogP contribution is 2.32. The van der Waals surface area contributed by atoms with E-state index in [0.29, 0.717) is 12.6 Å². The van der Waals surface area contributed by atoms with Gasteiger partial charge >= 0.3 is 0 Å². The molecule has 2 aromatic carbocycles. The molecule has 1 saturated heterocycles. The van der Waals surface area contributed by atoms with Gasteiger partial charge in [0.05, 0.1) is 12.6 Å². The quantitative estimate of drug-likeness (QED) is 0.916. The van der Waals surface area contributed by atoms with Crippen molar-refractivity contribution in [1.29, 1.82) is 0 Å². The highest BCUT2D eigenvalue weighted by molar-refractivity contribution is 5.78. The van der Waals surface area contributed by atoms with Gasteiger partial charge < -0.3 is 5.32 Å². The van der Waals surface area contributed by atoms with Gasteiger partial charge in [-0.05, 0) is 55.3 Å². The predicted octanol–water partition coefficient (Wildman–Crippen LogP) is 4.02. The number of nitrogens with one attached hydrogen (secondary N) is 1. The van der Waals surface area contributed by atoms with Crippen LogP contribution in [0.1, 0.15) is 54.5 Å². The summed E-state index contributed by atoms with van der Waals surface area (Å²) in [5.41, 5.74) is 4.03. The number of aryl methyl sites for hydroxylation is 1. The van der Waals surface area contributed by atoms with Crippen LogP contribution in [0, 0.1) is 0 Å². The van der Waals surface area contributed by atoms with Crippen molar-refractivity contribution in [2.24, 2.45) is 0 Å². The predicted molar refractivity (Wildman–Crippen MR) is 100 cm³/mol. The minimum Gasteiger partial charge on any atom is -0.348 e. The average molecular weight is 334 g/mol. The van der Waals surface area contributed by atoms with E-state index in [0.717, 1.165) is 32.2 Å².